The zero-order valence-corrected chi connectivity index (χ0v) is 11.0. The summed E-state index contributed by atoms with van der Waals surface area (Å²) in [5, 5.41) is 9.01. The highest BCUT2D eigenvalue weighted by molar-refractivity contribution is 5.90. The minimum atomic E-state index is -0.893. The molecule has 2 aromatic carbocycles. The van der Waals surface area contributed by atoms with E-state index < -0.39 is 5.97 Å². The Kier molecular flexibility index (Phi) is 3.85. The second-order valence-electron chi connectivity index (χ2n) is 4.29. The van der Waals surface area contributed by atoms with Crippen LogP contribution in [-0.4, -0.2) is 17.7 Å². The number of hydrogen-bond acceptors (Lipinski definition) is 2. The van der Waals surface area contributed by atoms with Crippen LogP contribution in [-0.2, 0) is 0 Å². The number of aromatic carboxylic acids is 1. The van der Waals surface area contributed by atoms with Crippen LogP contribution in [0.1, 0.15) is 22.8 Å². The quantitative estimate of drug-likeness (QED) is 0.906. The standard InChI is InChI=1S/C16H16O3/c1-3-19-14-7-4-12(5-8-14)13-6-9-15(16(17)18)11(2)10-13/h4-10H,3H2,1-2H3,(H,17,18). The third-order valence-corrected chi connectivity index (χ3v) is 2.96. The van der Waals surface area contributed by atoms with Crippen molar-refractivity contribution in [3.63, 3.8) is 0 Å². The first kappa shape index (κ1) is 13.1. The average molecular weight is 256 g/mol. The Morgan fingerprint density at radius 1 is 1.11 bits per heavy atom. The summed E-state index contributed by atoms with van der Waals surface area (Å²) in [6, 6.07) is 13.1. The maximum atomic E-state index is 11.0. The van der Waals surface area contributed by atoms with Crippen LogP contribution in [0.4, 0.5) is 0 Å². The van der Waals surface area contributed by atoms with Crippen molar-refractivity contribution in [1.29, 1.82) is 0 Å². The van der Waals surface area contributed by atoms with Gasteiger partial charge in [0.05, 0.1) is 12.2 Å². The smallest absolute Gasteiger partial charge is 0.335 e. The lowest BCUT2D eigenvalue weighted by Crippen LogP contribution is -1.99. The average Bonchev–Trinajstić information content (AvgIpc) is 2.39. The van der Waals surface area contributed by atoms with Gasteiger partial charge in [0.25, 0.3) is 0 Å². The van der Waals surface area contributed by atoms with Crippen LogP contribution in [0, 0.1) is 6.92 Å². The largest absolute Gasteiger partial charge is 0.494 e. The fraction of sp³-hybridized carbons (Fsp3) is 0.188. The summed E-state index contributed by atoms with van der Waals surface area (Å²) in [5.41, 5.74) is 3.16. The van der Waals surface area contributed by atoms with E-state index in [1.807, 2.05) is 50.2 Å². The van der Waals surface area contributed by atoms with E-state index in [-0.39, 0.29) is 0 Å². The van der Waals surface area contributed by atoms with Gasteiger partial charge >= 0.3 is 5.97 Å². The molecule has 0 radical (unpaired) electrons. The number of benzene rings is 2. The lowest BCUT2D eigenvalue weighted by atomic mass is 10.00. The Balaban J connectivity index is 2.31. The third-order valence-electron chi connectivity index (χ3n) is 2.96. The van der Waals surface area contributed by atoms with Crippen molar-refractivity contribution in [1.82, 2.24) is 0 Å². The third kappa shape index (κ3) is 2.94. The number of carboxylic acid groups (broad SMARTS) is 1. The van der Waals surface area contributed by atoms with Gasteiger partial charge in [0.2, 0.25) is 0 Å². The van der Waals surface area contributed by atoms with E-state index in [0.717, 1.165) is 22.4 Å². The van der Waals surface area contributed by atoms with Crippen molar-refractivity contribution in [3.05, 3.63) is 53.6 Å². The number of hydrogen-bond donors (Lipinski definition) is 1. The molecular weight excluding hydrogens is 240 g/mol. The van der Waals surface area contributed by atoms with E-state index in [2.05, 4.69) is 0 Å². The van der Waals surface area contributed by atoms with E-state index >= 15 is 0 Å². The fourth-order valence-corrected chi connectivity index (χ4v) is 1.99. The Morgan fingerprint density at radius 2 is 1.74 bits per heavy atom. The molecule has 0 unspecified atom stereocenters. The summed E-state index contributed by atoms with van der Waals surface area (Å²) in [6.45, 7) is 4.40. The van der Waals surface area contributed by atoms with Crippen molar-refractivity contribution in [2.24, 2.45) is 0 Å². The minimum absolute atomic E-state index is 0.342. The van der Waals surface area contributed by atoms with Gasteiger partial charge in [-0.25, -0.2) is 4.79 Å². The van der Waals surface area contributed by atoms with Crippen molar-refractivity contribution in [2.45, 2.75) is 13.8 Å². The molecule has 19 heavy (non-hydrogen) atoms. The summed E-state index contributed by atoms with van der Waals surface area (Å²) in [6.07, 6.45) is 0. The van der Waals surface area contributed by atoms with Gasteiger partial charge in [-0.15, -0.1) is 0 Å². The van der Waals surface area contributed by atoms with Crippen LogP contribution in [0.25, 0.3) is 11.1 Å². The Morgan fingerprint density at radius 3 is 2.26 bits per heavy atom. The lowest BCUT2D eigenvalue weighted by Gasteiger charge is -2.07. The first-order valence-corrected chi connectivity index (χ1v) is 6.19. The first-order chi connectivity index (χ1) is 9.11. The molecule has 0 aliphatic carbocycles. The molecule has 98 valence electrons. The Hall–Kier alpha value is -2.29. The van der Waals surface area contributed by atoms with Gasteiger partial charge in [0.15, 0.2) is 0 Å². The van der Waals surface area contributed by atoms with Crippen LogP contribution < -0.4 is 4.74 Å². The number of rotatable bonds is 4. The maximum absolute atomic E-state index is 11.0. The van der Waals surface area contributed by atoms with Gasteiger partial charge in [-0.3, -0.25) is 0 Å². The van der Waals surface area contributed by atoms with Gasteiger partial charge in [-0.1, -0.05) is 24.3 Å². The molecule has 0 saturated heterocycles. The van der Waals surface area contributed by atoms with Crippen LogP contribution in [0.2, 0.25) is 0 Å². The molecule has 0 amide bonds. The SMILES string of the molecule is CCOc1ccc(-c2ccc(C(=O)O)c(C)c2)cc1. The molecule has 0 aliphatic rings. The van der Waals surface area contributed by atoms with Crippen molar-refractivity contribution < 1.29 is 14.6 Å². The Bertz CT molecular complexity index is 585. The van der Waals surface area contributed by atoms with Crippen LogP contribution in [0.3, 0.4) is 0 Å². The molecule has 0 fully saturated rings. The van der Waals surface area contributed by atoms with Gasteiger partial charge < -0.3 is 9.84 Å². The molecule has 1 N–H and O–H groups in total. The molecule has 0 spiro atoms. The summed E-state index contributed by atoms with van der Waals surface area (Å²) in [5.74, 6) is -0.0547. The van der Waals surface area contributed by atoms with Crippen LogP contribution in [0.5, 0.6) is 5.75 Å². The number of ether oxygens (including phenoxy) is 1. The summed E-state index contributed by atoms with van der Waals surface area (Å²) in [4.78, 5) is 11.0. The fourth-order valence-electron chi connectivity index (χ4n) is 1.99. The van der Waals surface area contributed by atoms with Crippen molar-refractivity contribution in [3.8, 4) is 16.9 Å². The van der Waals surface area contributed by atoms with E-state index in [1.54, 1.807) is 6.07 Å². The molecular formula is C16H16O3. The molecule has 0 heterocycles. The van der Waals surface area contributed by atoms with Crippen LogP contribution >= 0.6 is 0 Å². The monoisotopic (exact) mass is 256 g/mol. The molecule has 0 atom stereocenters. The summed E-state index contributed by atoms with van der Waals surface area (Å²) >= 11 is 0. The van der Waals surface area contributed by atoms with Gasteiger partial charge in [0, 0.05) is 0 Å². The second-order valence-corrected chi connectivity index (χ2v) is 4.29. The second kappa shape index (κ2) is 5.57. The van der Waals surface area contributed by atoms with E-state index in [0.29, 0.717) is 12.2 Å². The van der Waals surface area contributed by atoms with Gasteiger partial charge in [-0.2, -0.15) is 0 Å². The molecule has 3 nitrogen and oxygen atoms in total. The van der Waals surface area contributed by atoms with Crippen molar-refractivity contribution in [2.75, 3.05) is 6.61 Å². The highest BCUT2D eigenvalue weighted by Gasteiger charge is 2.08. The highest BCUT2D eigenvalue weighted by atomic mass is 16.5. The van der Waals surface area contributed by atoms with E-state index in [9.17, 15) is 4.79 Å². The molecule has 0 bridgehead atoms. The van der Waals surface area contributed by atoms with Gasteiger partial charge in [0.1, 0.15) is 5.75 Å². The molecule has 2 rings (SSSR count). The summed E-state index contributed by atoms with van der Waals surface area (Å²) < 4.78 is 5.39. The predicted molar refractivity (Wildman–Crippen MR) is 74.7 cm³/mol. The molecule has 2 aromatic rings. The van der Waals surface area contributed by atoms with Crippen LogP contribution in [0.15, 0.2) is 42.5 Å². The molecule has 3 heteroatoms. The number of carboxylic acids is 1. The van der Waals surface area contributed by atoms with Gasteiger partial charge in [-0.05, 0) is 48.7 Å². The zero-order valence-electron chi connectivity index (χ0n) is 11.0. The first-order valence-electron chi connectivity index (χ1n) is 6.19. The lowest BCUT2D eigenvalue weighted by molar-refractivity contribution is 0.0696. The number of carbonyl (C=O) groups is 1. The molecule has 0 aliphatic heterocycles. The molecule has 0 saturated carbocycles. The normalized spacial score (nSPS) is 10.2. The van der Waals surface area contributed by atoms with Crippen molar-refractivity contribution >= 4 is 5.97 Å². The number of aryl methyl sites for hydroxylation is 1. The maximum Gasteiger partial charge on any atom is 0.335 e. The highest BCUT2D eigenvalue weighted by Crippen LogP contribution is 2.24. The summed E-state index contributed by atoms with van der Waals surface area (Å²) in [7, 11) is 0. The Labute approximate surface area is 112 Å². The van der Waals surface area contributed by atoms with E-state index in [4.69, 9.17) is 9.84 Å². The van der Waals surface area contributed by atoms with E-state index in [1.165, 1.54) is 0 Å². The molecule has 0 aromatic heterocycles. The topological polar surface area (TPSA) is 46.5 Å². The minimum Gasteiger partial charge on any atom is -0.494 e. The predicted octanol–water partition coefficient (Wildman–Crippen LogP) is 3.76. The zero-order chi connectivity index (χ0) is 13.8.